The first-order valence-electron chi connectivity index (χ1n) is 20.9. The fraction of sp³-hybridized carbons (Fsp3) is 0.923. The van der Waals surface area contributed by atoms with E-state index in [0.717, 1.165) is 64.2 Å². The summed E-state index contributed by atoms with van der Waals surface area (Å²) in [6.45, 7) is 12.6. The Morgan fingerprint density at radius 3 is 1.20 bits per heavy atom. The predicted octanol–water partition coefficient (Wildman–Crippen LogP) is 7.59. The number of piperazine rings is 2. The van der Waals surface area contributed by atoms with Gasteiger partial charge in [0.25, 0.3) is 0 Å². The number of amides is 1. The van der Waals surface area contributed by atoms with E-state index in [2.05, 4.69) is 38.5 Å². The lowest BCUT2D eigenvalue weighted by Crippen LogP contribution is -2.64. The van der Waals surface area contributed by atoms with Crippen LogP contribution in [0.25, 0.3) is 0 Å². The van der Waals surface area contributed by atoms with Crippen LogP contribution >= 0.6 is 0 Å². The normalized spacial score (nSPS) is 18.7. The van der Waals surface area contributed by atoms with Gasteiger partial charge in [-0.05, 0) is 25.7 Å². The van der Waals surface area contributed by atoms with Crippen molar-refractivity contribution >= 4 is 18.0 Å². The summed E-state index contributed by atoms with van der Waals surface area (Å²) in [6, 6.07) is 0. The largest absolute Gasteiger partial charge is 0.480 e. The van der Waals surface area contributed by atoms with Crippen LogP contribution in [0.1, 0.15) is 169 Å². The van der Waals surface area contributed by atoms with E-state index < -0.39 is 29.1 Å². The summed E-state index contributed by atoms with van der Waals surface area (Å²) in [5.41, 5.74) is 4.88. The first-order valence-corrected chi connectivity index (χ1v) is 20.9. The molecule has 2 atom stereocenters. The molecular formula is C39H76N6O6. The average molecular weight is 725 g/mol. The fourth-order valence-electron chi connectivity index (χ4n) is 7.39. The second kappa shape index (κ2) is 25.9. The molecule has 2 rings (SSSR count). The molecule has 2 heterocycles. The molecule has 51 heavy (non-hydrogen) atoms. The van der Waals surface area contributed by atoms with Gasteiger partial charge in [0.1, 0.15) is 11.1 Å². The second-order valence-corrected chi connectivity index (χ2v) is 15.2. The molecule has 12 nitrogen and oxygen atoms in total. The number of rotatable bonds is 29. The highest BCUT2D eigenvalue weighted by molar-refractivity contribution is 5.79. The highest BCUT2D eigenvalue weighted by atomic mass is 16.7. The third-order valence-electron chi connectivity index (χ3n) is 10.9. The van der Waals surface area contributed by atoms with E-state index in [0.29, 0.717) is 78.0 Å². The molecule has 0 saturated carbocycles. The van der Waals surface area contributed by atoms with Crippen molar-refractivity contribution in [2.24, 2.45) is 0 Å². The number of nitrogens with zero attached hydrogens (tertiary/aromatic N) is 4. The fourth-order valence-corrected chi connectivity index (χ4v) is 7.39. The van der Waals surface area contributed by atoms with Crippen LogP contribution in [0, 0.1) is 0 Å². The SMILES string of the molecule is CCCCCCCCCC(CCCC)(NN1CCN(OC(=O)N2CCN(NC(CCCC)(CCCCCCCCC)C(=O)O)CC2)CC1)C(=O)O. The molecule has 0 aromatic heterocycles. The Morgan fingerprint density at radius 2 is 0.824 bits per heavy atom. The molecule has 2 aliphatic rings. The molecule has 2 aliphatic heterocycles. The summed E-state index contributed by atoms with van der Waals surface area (Å²) in [5.74, 6) is -1.57. The van der Waals surface area contributed by atoms with Gasteiger partial charge in [-0.1, -0.05) is 143 Å². The van der Waals surface area contributed by atoms with E-state index in [9.17, 15) is 24.6 Å². The van der Waals surface area contributed by atoms with Gasteiger partial charge in [0.2, 0.25) is 0 Å². The summed E-state index contributed by atoms with van der Waals surface area (Å²) in [4.78, 5) is 45.9. The standard InChI is InChI=1S/C39H76N6O6/c1-5-9-13-15-17-19-21-25-38(35(46)47,23-11-7-3)40-43-29-27-42(28-30-43)37(50)51-45-33-31-44(32-34-45)41-39(36(48)49,24-12-8-4)26-22-20-18-16-14-10-6-2/h40-41H,5-34H2,1-4H3,(H,46,47)(H,48,49). The molecule has 0 aliphatic carbocycles. The van der Waals surface area contributed by atoms with Gasteiger partial charge in [-0.2, -0.15) is 0 Å². The third-order valence-corrected chi connectivity index (χ3v) is 10.9. The molecule has 2 saturated heterocycles. The summed E-state index contributed by atoms with van der Waals surface area (Å²) < 4.78 is 0. The number of hydrazine groups is 2. The molecule has 12 heteroatoms. The van der Waals surface area contributed by atoms with Crippen molar-refractivity contribution in [2.45, 2.75) is 180 Å². The predicted molar refractivity (Wildman–Crippen MR) is 204 cm³/mol. The Hall–Kier alpha value is -1.99. The number of carbonyl (C=O) groups is 3. The molecule has 0 bridgehead atoms. The van der Waals surface area contributed by atoms with Gasteiger partial charge in [-0.15, -0.1) is 5.06 Å². The average Bonchev–Trinajstić information content (AvgIpc) is 3.12. The summed E-state index contributed by atoms with van der Waals surface area (Å²) in [7, 11) is 0. The van der Waals surface area contributed by atoms with Gasteiger partial charge in [-0.3, -0.25) is 9.59 Å². The van der Waals surface area contributed by atoms with Gasteiger partial charge in [-0.25, -0.2) is 25.7 Å². The Balaban J connectivity index is 1.83. The first-order chi connectivity index (χ1) is 24.6. The highest BCUT2D eigenvalue weighted by Gasteiger charge is 2.41. The van der Waals surface area contributed by atoms with Crippen molar-refractivity contribution in [2.75, 3.05) is 52.4 Å². The lowest BCUT2D eigenvalue weighted by atomic mass is 9.87. The molecule has 2 unspecified atom stereocenters. The molecule has 2 fully saturated rings. The van der Waals surface area contributed by atoms with Crippen LogP contribution in [0.4, 0.5) is 4.79 Å². The van der Waals surface area contributed by atoms with Gasteiger partial charge < -0.3 is 20.0 Å². The molecule has 1 amide bonds. The van der Waals surface area contributed by atoms with Crippen LogP contribution in [0.3, 0.4) is 0 Å². The third kappa shape index (κ3) is 16.7. The maximum atomic E-state index is 13.1. The summed E-state index contributed by atoms with van der Waals surface area (Å²) >= 11 is 0. The Kier molecular flexibility index (Phi) is 22.9. The maximum absolute atomic E-state index is 13.1. The number of carboxylic acids is 2. The van der Waals surface area contributed by atoms with Gasteiger partial charge >= 0.3 is 18.0 Å². The maximum Gasteiger partial charge on any atom is 0.429 e. The lowest BCUT2D eigenvalue weighted by molar-refractivity contribution is -0.158. The van der Waals surface area contributed by atoms with Crippen LogP contribution < -0.4 is 10.9 Å². The van der Waals surface area contributed by atoms with Crippen molar-refractivity contribution < 1.29 is 29.4 Å². The smallest absolute Gasteiger partial charge is 0.429 e. The number of carbonyl (C=O) groups excluding carboxylic acids is 1. The van der Waals surface area contributed by atoms with Crippen LogP contribution in [0.5, 0.6) is 0 Å². The zero-order valence-corrected chi connectivity index (χ0v) is 33.0. The molecule has 0 spiro atoms. The number of unbranched alkanes of at least 4 members (excludes halogenated alkanes) is 14. The van der Waals surface area contributed by atoms with Crippen LogP contribution in [-0.2, 0) is 14.4 Å². The number of carboxylic acid groups (broad SMARTS) is 2. The molecule has 0 radical (unpaired) electrons. The van der Waals surface area contributed by atoms with Crippen molar-refractivity contribution in [3.05, 3.63) is 0 Å². The number of hydrogen-bond donors (Lipinski definition) is 4. The van der Waals surface area contributed by atoms with E-state index in [1.165, 1.54) is 51.4 Å². The monoisotopic (exact) mass is 725 g/mol. The number of aliphatic carboxylic acids is 2. The zero-order valence-electron chi connectivity index (χ0n) is 33.0. The van der Waals surface area contributed by atoms with E-state index in [1.54, 1.807) is 9.96 Å². The molecular weight excluding hydrogens is 648 g/mol. The molecule has 0 aromatic rings. The quantitative estimate of drug-likeness (QED) is 0.0568. The molecule has 298 valence electrons. The van der Waals surface area contributed by atoms with Crippen molar-refractivity contribution in [3.8, 4) is 0 Å². The van der Waals surface area contributed by atoms with E-state index in [-0.39, 0.29) is 0 Å². The lowest BCUT2D eigenvalue weighted by Gasteiger charge is -2.42. The van der Waals surface area contributed by atoms with Gasteiger partial charge in [0.15, 0.2) is 0 Å². The molecule has 0 aromatic carbocycles. The number of hydrogen-bond acceptors (Lipinski definition) is 9. The van der Waals surface area contributed by atoms with Crippen molar-refractivity contribution in [3.63, 3.8) is 0 Å². The van der Waals surface area contributed by atoms with Crippen LogP contribution in [0.15, 0.2) is 0 Å². The van der Waals surface area contributed by atoms with Crippen LogP contribution in [-0.4, -0.2) is 112 Å². The highest BCUT2D eigenvalue weighted by Crippen LogP contribution is 2.26. The summed E-state index contributed by atoms with van der Waals surface area (Å²) in [5, 5.41) is 26.4. The van der Waals surface area contributed by atoms with E-state index in [4.69, 9.17) is 4.84 Å². The minimum Gasteiger partial charge on any atom is -0.480 e. The van der Waals surface area contributed by atoms with E-state index in [1.807, 2.05) is 10.0 Å². The topological polar surface area (TPSA) is 138 Å². The number of hydroxylamine groups is 2. The number of nitrogens with one attached hydrogen (secondary N) is 2. The van der Waals surface area contributed by atoms with Crippen molar-refractivity contribution in [1.29, 1.82) is 0 Å². The van der Waals surface area contributed by atoms with Crippen LogP contribution in [0.2, 0.25) is 0 Å². The van der Waals surface area contributed by atoms with Gasteiger partial charge in [0.05, 0.1) is 0 Å². The first kappa shape index (κ1) is 45.2. The summed E-state index contributed by atoms with van der Waals surface area (Å²) in [6.07, 6.45) is 21.7. The minimum absolute atomic E-state index is 0.392. The van der Waals surface area contributed by atoms with E-state index >= 15 is 0 Å². The molecule has 4 N–H and O–H groups in total. The van der Waals surface area contributed by atoms with Gasteiger partial charge in [0, 0.05) is 52.4 Å². The Bertz CT molecular complexity index is 958. The minimum atomic E-state index is -0.987. The Morgan fingerprint density at radius 1 is 0.490 bits per heavy atom. The zero-order chi connectivity index (χ0) is 37.4. The second-order valence-electron chi connectivity index (χ2n) is 15.2. The van der Waals surface area contributed by atoms with Crippen molar-refractivity contribution in [1.82, 2.24) is 30.8 Å². The Labute approximate surface area is 310 Å².